The number of hydrogen-bond donors (Lipinski definition) is 2. The summed E-state index contributed by atoms with van der Waals surface area (Å²) in [7, 11) is 0. The van der Waals surface area contributed by atoms with Crippen LogP contribution >= 0.6 is 0 Å². The zero-order valence-corrected chi connectivity index (χ0v) is 30.9. The highest BCUT2D eigenvalue weighted by Gasteiger charge is 2.28. The quantitative estimate of drug-likeness (QED) is 0.179. The summed E-state index contributed by atoms with van der Waals surface area (Å²) in [5, 5.41) is 31.0. The molecule has 2 N–H and O–H groups in total. The van der Waals surface area contributed by atoms with Crippen molar-refractivity contribution in [3.05, 3.63) is 90.5 Å². The summed E-state index contributed by atoms with van der Waals surface area (Å²) in [5.41, 5.74) is 3.88. The van der Waals surface area contributed by atoms with Crippen LogP contribution in [0.2, 0.25) is 0 Å². The predicted octanol–water partition coefficient (Wildman–Crippen LogP) is 7.25. The van der Waals surface area contributed by atoms with Crippen molar-refractivity contribution in [2.75, 3.05) is 0 Å². The summed E-state index contributed by atoms with van der Waals surface area (Å²) in [6.07, 6.45) is 2.20. The molecule has 0 unspecified atom stereocenters. The standard InChI is InChI=1S/C38H54N4O6/c1-35(2,3)25-17-23(18-26(31(25)43)36(4,5)6)21-41-33(45)47-29(39-41)15-13-14-16-30-40-42(34(46)48-30)22-24-19-27(37(7,8)9)32(44)28(20-24)38(10,11)12/h17-20,43-44H,13-16,21-22H2,1-12H3. The zero-order valence-electron chi connectivity index (χ0n) is 30.9. The highest BCUT2D eigenvalue weighted by Crippen LogP contribution is 2.41. The van der Waals surface area contributed by atoms with Crippen LogP contribution in [0.15, 0.2) is 42.7 Å². The Morgan fingerprint density at radius 2 is 0.812 bits per heavy atom. The Labute approximate surface area is 283 Å². The van der Waals surface area contributed by atoms with Gasteiger partial charge in [-0.1, -0.05) is 83.1 Å². The summed E-state index contributed by atoms with van der Waals surface area (Å²) >= 11 is 0. The number of unbranched alkanes of at least 4 members (excludes halogenated alkanes) is 1. The van der Waals surface area contributed by atoms with Crippen LogP contribution in [0.4, 0.5) is 0 Å². The fourth-order valence-corrected chi connectivity index (χ4v) is 5.86. The molecule has 10 nitrogen and oxygen atoms in total. The molecule has 4 rings (SSSR count). The molecule has 262 valence electrons. The van der Waals surface area contributed by atoms with E-state index in [9.17, 15) is 19.8 Å². The molecular weight excluding hydrogens is 608 g/mol. The second-order valence-corrected chi connectivity index (χ2v) is 17.1. The van der Waals surface area contributed by atoms with Gasteiger partial charge in [-0.2, -0.15) is 9.36 Å². The number of aryl methyl sites for hydroxylation is 2. The lowest BCUT2D eigenvalue weighted by atomic mass is 9.78. The number of aromatic hydroxyl groups is 2. The largest absolute Gasteiger partial charge is 0.507 e. The Kier molecular flexibility index (Phi) is 10.0. The molecule has 0 saturated carbocycles. The molecule has 48 heavy (non-hydrogen) atoms. The van der Waals surface area contributed by atoms with E-state index < -0.39 is 11.5 Å². The minimum absolute atomic E-state index is 0.229. The van der Waals surface area contributed by atoms with Gasteiger partial charge < -0.3 is 19.0 Å². The molecule has 0 atom stereocenters. The van der Waals surface area contributed by atoms with Crippen molar-refractivity contribution in [2.24, 2.45) is 0 Å². The number of phenols is 2. The van der Waals surface area contributed by atoms with Gasteiger partial charge in [-0.15, -0.1) is 10.2 Å². The van der Waals surface area contributed by atoms with E-state index in [4.69, 9.17) is 8.83 Å². The molecule has 0 amide bonds. The third kappa shape index (κ3) is 8.49. The second kappa shape index (κ2) is 13.1. The lowest BCUT2D eigenvalue weighted by Gasteiger charge is -2.28. The first kappa shape index (κ1) is 36.8. The number of hydrogen-bond acceptors (Lipinski definition) is 8. The van der Waals surface area contributed by atoms with Gasteiger partial charge in [0.25, 0.3) is 0 Å². The fraction of sp³-hybridized carbons (Fsp3) is 0.579. The smallest absolute Gasteiger partial charge is 0.437 e. The first-order valence-corrected chi connectivity index (χ1v) is 16.8. The lowest BCUT2D eigenvalue weighted by molar-refractivity contribution is 0.420. The average Bonchev–Trinajstić information content (AvgIpc) is 3.46. The van der Waals surface area contributed by atoms with Gasteiger partial charge in [0, 0.05) is 12.8 Å². The molecule has 10 heteroatoms. The molecule has 2 aromatic carbocycles. The van der Waals surface area contributed by atoms with Gasteiger partial charge in [0.2, 0.25) is 11.8 Å². The number of aromatic nitrogens is 4. The van der Waals surface area contributed by atoms with E-state index in [1.54, 1.807) is 0 Å². The van der Waals surface area contributed by atoms with Crippen LogP contribution in [0.25, 0.3) is 0 Å². The lowest BCUT2D eigenvalue weighted by Crippen LogP contribution is -2.20. The average molecular weight is 663 g/mol. The second-order valence-electron chi connectivity index (χ2n) is 17.1. The van der Waals surface area contributed by atoms with E-state index in [1.807, 2.05) is 24.3 Å². The zero-order chi connectivity index (χ0) is 36.0. The molecule has 2 heterocycles. The minimum atomic E-state index is -0.532. The molecule has 0 bridgehead atoms. The predicted molar refractivity (Wildman–Crippen MR) is 187 cm³/mol. The Morgan fingerprint density at radius 3 is 1.06 bits per heavy atom. The summed E-state index contributed by atoms with van der Waals surface area (Å²) in [5.74, 6) is 0.199. The van der Waals surface area contributed by atoms with Crippen molar-refractivity contribution in [3.8, 4) is 11.5 Å². The van der Waals surface area contributed by atoms with Crippen LogP contribution < -0.4 is 11.5 Å². The summed E-state index contributed by atoms with van der Waals surface area (Å²) in [6.45, 7) is 25.1. The maximum atomic E-state index is 12.7. The van der Waals surface area contributed by atoms with E-state index in [1.165, 1.54) is 9.36 Å². The number of rotatable bonds is 9. The topological polar surface area (TPSA) is 137 Å². The van der Waals surface area contributed by atoms with Gasteiger partial charge in [0.15, 0.2) is 0 Å². The van der Waals surface area contributed by atoms with E-state index in [2.05, 4.69) is 93.3 Å². The molecular formula is C38H54N4O6. The SMILES string of the molecule is CC(C)(C)c1cc(Cn2nc(CCCCc3nn(Cc4cc(C(C)(C)C)c(O)c(C(C)(C)C)c4)c(=O)o3)oc2=O)cc(C(C)(C)C)c1O. The van der Waals surface area contributed by atoms with Gasteiger partial charge in [-0.25, -0.2) is 9.59 Å². The first-order valence-electron chi connectivity index (χ1n) is 16.8. The van der Waals surface area contributed by atoms with Gasteiger partial charge in [0.1, 0.15) is 11.5 Å². The van der Waals surface area contributed by atoms with Gasteiger partial charge >= 0.3 is 11.5 Å². The van der Waals surface area contributed by atoms with E-state index in [-0.39, 0.29) is 46.2 Å². The Balaban J connectivity index is 1.42. The van der Waals surface area contributed by atoms with Crippen molar-refractivity contribution < 1.29 is 19.0 Å². The number of benzene rings is 2. The third-order valence-corrected chi connectivity index (χ3v) is 8.56. The van der Waals surface area contributed by atoms with Crippen LogP contribution in [0.5, 0.6) is 11.5 Å². The molecule has 0 aliphatic rings. The van der Waals surface area contributed by atoms with Crippen molar-refractivity contribution in [1.29, 1.82) is 0 Å². The summed E-state index contributed by atoms with van der Waals surface area (Å²) in [4.78, 5) is 25.4. The molecule has 0 aliphatic heterocycles. The number of nitrogens with zero attached hydrogens (tertiary/aromatic N) is 4. The highest BCUT2D eigenvalue weighted by atomic mass is 16.4. The maximum absolute atomic E-state index is 12.7. The van der Waals surface area contributed by atoms with Gasteiger partial charge in [-0.05, 0) is 92.1 Å². The van der Waals surface area contributed by atoms with Crippen LogP contribution in [-0.4, -0.2) is 29.8 Å². The Hall–Kier alpha value is -4.08. The van der Waals surface area contributed by atoms with E-state index in [0.717, 1.165) is 33.4 Å². The van der Waals surface area contributed by atoms with Crippen molar-refractivity contribution in [1.82, 2.24) is 19.6 Å². The van der Waals surface area contributed by atoms with Crippen molar-refractivity contribution in [2.45, 2.75) is 144 Å². The van der Waals surface area contributed by atoms with Crippen LogP contribution in [0.1, 0.15) is 141 Å². The monoisotopic (exact) mass is 662 g/mol. The molecule has 2 aromatic heterocycles. The minimum Gasteiger partial charge on any atom is -0.507 e. The van der Waals surface area contributed by atoms with E-state index >= 15 is 0 Å². The normalized spacial score (nSPS) is 13.0. The Bertz CT molecular complexity index is 1670. The maximum Gasteiger partial charge on any atom is 0.437 e. The van der Waals surface area contributed by atoms with Gasteiger partial charge in [0.05, 0.1) is 13.1 Å². The Morgan fingerprint density at radius 1 is 0.542 bits per heavy atom. The summed E-state index contributed by atoms with van der Waals surface area (Å²) in [6, 6.07) is 7.75. The fourth-order valence-electron chi connectivity index (χ4n) is 5.86. The molecule has 0 spiro atoms. The van der Waals surface area contributed by atoms with E-state index in [0.29, 0.717) is 37.5 Å². The van der Waals surface area contributed by atoms with Crippen LogP contribution in [0, 0.1) is 0 Å². The molecule has 0 aliphatic carbocycles. The number of phenolic OH excluding ortho intramolecular Hbond substituents is 2. The highest BCUT2D eigenvalue weighted by molar-refractivity contribution is 5.51. The third-order valence-electron chi connectivity index (χ3n) is 8.56. The van der Waals surface area contributed by atoms with Crippen LogP contribution in [-0.2, 0) is 47.6 Å². The first-order chi connectivity index (χ1) is 21.9. The summed E-state index contributed by atoms with van der Waals surface area (Å²) < 4.78 is 13.6. The van der Waals surface area contributed by atoms with Gasteiger partial charge in [-0.3, -0.25) is 0 Å². The molecule has 4 aromatic rings. The molecule has 0 radical (unpaired) electrons. The van der Waals surface area contributed by atoms with Crippen molar-refractivity contribution in [3.63, 3.8) is 0 Å². The molecule has 0 fully saturated rings. The molecule has 0 saturated heterocycles. The van der Waals surface area contributed by atoms with Crippen LogP contribution in [0.3, 0.4) is 0 Å². The van der Waals surface area contributed by atoms with Crippen molar-refractivity contribution >= 4 is 0 Å².